The van der Waals surface area contributed by atoms with Gasteiger partial charge >= 0.3 is 0 Å². The SMILES string of the molecule is COc1cc(C(=O)N2CCN(C(=O)c3ccco3)CC2)on1. The smallest absolute Gasteiger partial charge is 0.292 e. The van der Waals surface area contributed by atoms with E-state index in [-0.39, 0.29) is 23.5 Å². The quantitative estimate of drug-likeness (QED) is 0.836. The Labute approximate surface area is 126 Å². The van der Waals surface area contributed by atoms with E-state index in [4.69, 9.17) is 13.7 Å². The molecule has 0 bridgehead atoms. The average molecular weight is 305 g/mol. The molecule has 3 rings (SSSR count). The molecule has 1 aliphatic heterocycles. The van der Waals surface area contributed by atoms with Crippen molar-refractivity contribution >= 4 is 11.8 Å². The van der Waals surface area contributed by atoms with Crippen molar-refractivity contribution < 1.29 is 23.3 Å². The van der Waals surface area contributed by atoms with Crippen LogP contribution in [0.1, 0.15) is 21.1 Å². The van der Waals surface area contributed by atoms with E-state index in [1.54, 1.807) is 21.9 Å². The van der Waals surface area contributed by atoms with Crippen LogP contribution in [0.2, 0.25) is 0 Å². The summed E-state index contributed by atoms with van der Waals surface area (Å²) in [5, 5.41) is 3.61. The second kappa shape index (κ2) is 5.92. The fourth-order valence-electron chi connectivity index (χ4n) is 2.28. The Hall–Kier alpha value is -2.77. The molecule has 3 heterocycles. The number of piperazine rings is 1. The Morgan fingerprint density at radius 2 is 1.77 bits per heavy atom. The molecule has 0 N–H and O–H groups in total. The van der Waals surface area contributed by atoms with Gasteiger partial charge in [0.05, 0.1) is 19.4 Å². The highest BCUT2D eigenvalue weighted by Gasteiger charge is 2.28. The van der Waals surface area contributed by atoms with E-state index in [9.17, 15) is 9.59 Å². The Bertz CT molecular complexity index is 656. The van der Waals surface area contributed by atoms with Gasteiger partial charge in [0.1, 0.15) is 0 Å². The zero-order chi connectivity index (χ0) is 15.5. The molecule has 0 aliphatic carbocycles. The Morgan fingerprint density at radius 3 is 2.27 bits per heavy atom. The highest BCUT2D eigenvalue weighted by Crippen LogP contribution is 2.15. The van der Waals surface area contributed by atoms with Crippen LogP contribution in [0.25, 0.3) is 0 Å². The van der Waals surface area contributed by atoms with Gasteiger partial charge in [0.25, 0.3) is 17.7 Å². The first-order chi connectivity index (χ1) is 10.7. The number of rotatable bonds is 3. The van der Waals surface area contributed by atoms with Crippen molar-refractivity contribution in [3.05, 3.63) is 36.0 Å². The topological polar surface area (TPSA) is 89.0 Å². The van der Waals surface area contributed by atoms with Gasteiger partial charge in [-0.05, 0) is 17.3 Å². The summed E-state index contributed by atoms with van der Waals surface area (Å²) in [4.78, 5) is 27.7. The number of furan rings is 1. The number of nitrogens with zero attached hydrogens (tertiary/aromatic N) is 3. The highest BCUT2D eigenvalue weighted by atomic mass is 16.5. The van der Waals surface area contributed by atoms with Crippen molar-refractivity contribution in [2.45, 2.75) is 0 Å². The molecule has 0 unspecified atom stereocenters. The molecule has 2 aromatic rings. The first-order valence-electron chi connectivity index (χ1n) is 6.82. The number of carbonyl (C=O) groups excluding carboxylic acids is 2. The van der Waals surface area contributed by atoms with Gasteiger partial charge in [-0.15, -0.1) is 0 Å². The van der Waals surface area contributed by atoms with Gasteiger partial charge in [0.2, 0.25) is 5.76 Å². The summed E-state index contributed by atoms with van der Waals surface area (Å²) in [7, 11) is 1.45. The summed E-state index contributed by atoms with van der Waals surface area (Å²) < 4.78 is 14.9. The zero-order valence-electron chi connectivity index (χ0n) is 12.0. The van der Waals surface area contributed by atoms with E-state index in [0.717, 1.165) is 0 Å². The molecule has 2 amide bonds. The maximum Gasteiger partial charge on any atom is 0.292 e. The van der Waals surface area contributed by atoms with E-state index in [2.05, 4.69) is 5.16 Å². The number of methoxy groups -OCH3 is 1. The second-order valence-corrected chi connectivity index (χ2v) is 4.80. The predicted molar refractivity (Wildman–Crippen MR) is 73.6 cm³/mol. The van der Waals surface area contributed by atoms with Gasteiger partial charge in [-0.2, -0.15) is 0 Å². The number of hydrogen-bond donors (Lipinski definition) is 0. The van der Waals surface area contributed by atoms with Crippen molar-refractivity contribution in [1.29, 1.82) is 0 Å². The van der Waals surface area contributed by atoms with Crippen molar-refractivity contribution in [2.24, 2.45) is 0 Å². The third-order valence-corrected chi connectivity index (χ3v) is 3.49. The van der Waals surface area contributed by atoms with E-state index in [1.807, 2.05) is 0 Å². The van der Waals surface area contributed by atoms with Crippen molar-refractivity contribution in [3.63, 3.8) is 0 Å². The number of hydrogen-bond acceptors (Lipinski definition) is 6. The molecule has 22 heavy (non-hydrogen) atoms. The van der Waals surface area contributed by atoms with Gasteiger partial charge in [-0.3, -0.25) is 9.59 Å². The fourth-order valence-corrected chi connectivity index (χ4v) is 2.28. The molecule has 0 atom stereocenters. The number of carbonyl (C=O) groups is 2. The van der Waals surface area contributed by atoms with E-state index < -0.39 is 0 Å². The van der Waals surface area contributed by atoms with Gasteiger partial charge in [0.15, 0.2) is 5.76 Å². The van der Waals surface area contributed by atoms with Gasteiger partial charge in [-0.1, -0.05) is 0 Å². The zero-order valence-corrected chi connectivity index (χ0v) is 12.0. The van der Waals surface area contributed by atoms with Gasteiger partial charge in [-0.25, -0.2) is 0 Å². The molecule has 8 heteroatoms. The molecular formula is C14H15N3O5. The van der Waals surface area contributed by atoms with E-state index in [1.165, 1.54) is 19.4 Å². The highest BCUT2D eigenvalue weighted by molar-refractivity contribution is 5.93. The standard InChI is InChI=1S/C14H15N3O5/c1-20-12-9-11(22-15-12)14(19)17-6-4-16(5-7-17)13(18)10-3-2-8-21-10/h2-3,8-9H,4-7H2,1H3. The Morgan fingerprint density at radius 1 is 1.14 bits per heavy atom. The molecule has 0 spiro atoms. The summed E-state index contributed by atoms with van der Waals surface area (Å²) >= 11 is 0. The minimum atomic E-state index is -0.263. The lowest BCUT2D eigenvalue weighted by Crippen LogP contribution is -2.50. The largest absolute Gasteiger partial charge is 0.479 e. The molecule has 1 aliphatic rings. The molecular weight excluding hydrogens is 290 g/mol. The summed E-state index contributed by atoms with van der Waals surface area (Å²) in [5.74, 6) is 0.261. The van der Waals surface area contributed by atoms with Crippen LogP contribution in [0.5, 0.6) is 5.88 Å². The maximum absolute atomic E-state index is 12.2. The first-order valence-corrected chi connectivity index (χ1v) is 6.82. The molecule has 0 saturated carbocycles. The van der Waals surface area contributed by atoms with Crippen molar-refractivity contribution in [2.75, 3.05) is 33.3 Å². The fraction of sp³-hybridized carbons (Fsp3) is 0.357. The van der Waals surface area contributed by atoms with Crippen LogP contribution < -0.4 is 4.74 Å². The van der Waals surface area contributed by atoms with Crippen LogP contribution in [0.4, 0.5) is 0 Å². The Balaban J connectivity index is 1.59. The van der Waals surface area contributed by atoms with Gasteiger partial charge in [0, 0.05) is 26.2 Å². The van der Waals surface area contributed by atoms with Crippen LogP contribution in [0, 0.1) is 0 Å². The average Bonchev–Trinajstić information content (AvgIpc) is 3.25. The lowest BCUT2D eigenvalue weighted by atomic mass is 10.2. The molecule has 8 nitrogen and oxygen atoms in total. The number of ether oxygens (including phenoxy) is 1. The first kappa shape index (κ1) is 14.2. The Kier molecular flexibility index (Phi) is 3.82. The van der Waals surface area contributed by atoms with Gasteiger partial charge < -0.3 is 23.5 Å². The molecule has 2 aromatic heterocycles. The number of aromatic nitrogens is 1. The summed E-state index contributed by atoms with van der Waals surface area (Å²) in [6.07, 6.45) is 1.46. The van der Waals surface area contributed by atoms with E-state index in [0.29, 0.717) is 31.9 Å². The van der Waals surface area contributed by atoms with Crippen LogP contribution in [-0.2, 0) is 0 Å². The second-order valence-electron chi connectivity index (χ2n) is 4.80. The molecule has 1 saturated heterocycles. The minimum Gasteiger partial charge on any atom is -0.479 e. The summed E-state index contributed by atoms with van der Waals surface area (Å²) in [6.45, 7) is 1.73. The number of amides is 2. The van der Waals surface area contributed by atoms with Crippen LogP contribution >= 0.6 is 0 Å². The predicted octanol–water partition coefficient (Wildman–Crippen LogP) is 0.874. The molecule has 0 radical (unpaired) electrons. The van der Waals surface area contributed by atoms with Crippen LogP contribution in [0.3, 0.4) is 0 Å². The molecule has 1 fully saturated rings. The molecule has 0 aromatic carbocycles. The van der Waals surface area contributed by atoms with Crippen molar-refractivity contribution in [1.82, 2.24) is 15.0 Å². The van der Waals surface area contributed by atoms with Crippen LogP contribution in [-0.4, -0.2) is 60.1 Å². The monoisotopic (exact) mass is 305 g/mol. The minimum absolute atomic E-state index is 0.127. The lowest BCUT2D eigenvalue weighted by molar-refractivity contribution is 0.0497. The summed E-state index contributed by atoms with van der Waals surface area (Å²) in [5.41, 5.74) is 0. The molecule has 116 valence electrons. The van der Waals surface area contributed by atoms with E-state index >= 15 is 0 Å². The lowest BCUT2D eigenvalue weighted by Gasteiger charge is -2.33. The third kappa shape index (κ3) is 2.67. The normalized spacial score (nSPS) is 15.0. The summed E-state index contributed by atoms with van der Waals surface area (Å²) in [6, 6.07) is 4.74. The third-order valence-electron chi connectivity index (χ3n) is 3.49. The van der Waals surface area contributed by atoms with Crippen molar-refractivity contribution in [3.8, 4) is 5.88 Å². The maximum atomic E-state index is 12.2. The van der Waals surface area contributed by atoms with Crippen LogP contribution in [0.15, 0.2) is 33.4 Å².